The van der Waals surface area contributed by atoms with Gasteiger partial charge in [0.05, 0.1) is 12.1 Å². The van der Waals surface area contributed by atoms with E-state index in [-0.39, 0.29) is 30.3 Å². The van der Waals surface area contributed by atoms with E-state index in [0.717, 1.165) is 12.8 Å². The summed E-state index contributed by atoms with van der Waals surface area (Å²) in [5.74, 6) is 0.0675. The van der Waals surface area contributed by atoms with Crippen LogP contribution in [0.15, 0.2) is 24.3 Å². The van der Waals surface area contributed by atoms with Crippen LogP contribution in [0.4, 0.5) is 4.39 Å². The first-order valence-electron chi connectivity index (χ1n) is 7.58. The van der Waals surface area contributed by atoms with Crippen LogP contribution in [0.2, 0.25) is 0 Å². The minimum Gasteiger partial charge on any atom is -0.491 e. The number of hydrogen-bond acceptors (Lipinski definition) is 4. The summed E-state index contributed by atoms with van der Waals surface area (Å²) in [6.45, 7) is 3.40. The van der Waals surface area contributed by atoms with Gasteiger partial charge in [0.25, 0.3) is 0 Å². The van der Waals surface area contributed by atoms with E-state index in [1.807, 2.05) is 6.92 Å². The van der Waals surface area contributed by atoms with Crippen LogP contribution in [0.25, 0.3) is 0 Å². The summed E-state index contributed by atoms with van der Waals surface area (Å²) in [6, 6.07) is 5.18. The number of carbonyl (C=O) groups is 1. The third kappa shape index (κ3) is 4.96. The molecule has 1 aromatic rings. The normalized spacial score (nSPS) is 18.5. The van der Waals surface area contributed by atoms with Gasteiger partial charge in [-0.05, 0) is 37.8 Å². The monoisotopic (exact) mass is 310 g/mol. The molecule has 0 aliphatic carbocycles. The van der Waals surface area contributed by atoms with Crippen molar-refractivity contribution in [1.82, 2.24) is 5.32 Å². The lowest BCUT2D eigenvalue weighted by atomic mass is 9.92. The van der Waals surface area contributed by atoms with E-state index >= 15 is 0 Å². The minimum atomic E-state index is -0.527. The molecule has 1 aliphatic heterocycles. The Bertz CT molecular complexity index is 492. The first kappa shape index (κ1) is 16.7. The molecule has 0 spiro atoms. The van der Waals surface area contributed by atoms with Crippen LogP contribution in [0.3, 0.4) is 0 Å². The van der Waals surface area contributed by atoms with Crippen molar-refractivity contribution >= 4 is 5.91 Å². The third-order valence-electron chi connectivity index (χ3n) is 3.76. The number of halogens is 1. The second-order valence-electron chi connectivity index (χ2n) is 5.65. The smallest absolute Gasteiger partial charge is 0.237 e. The number of carbonyl (C=O) groups excluding carboxylic acids is 1. The topological polar surface area (TPSA) is 73.6 Å². The van der Waals surface area contributed by atoms with Gasteiger partial charge < -0.3 is 20.5 Å². The highest BCUT2D eigenvalue weighted by Crippen LogP contribution is 2.18. The third-order valence-corrected chi connectivity index (χ3v) is 3.76. The highest BCUT2D eigenvalue weighted by molar-refractivity contribution is 5.82. The van der Waals surface area contributed by atoms with Gasteiger partial charge in [-0.2, -0.15) is 0 Å². The fraction of sp³-hybridized carbons (Fsp3) is 0.562. The standard InChI is InChI=1S/C16H23FN2O3/c1-11(10-22-14-4-2-3-13(17)9-14)19-16(20)15(18)12-5-7-21-8-6-12/h2-4,9,11-12,15H,5-8,10,18H2,1H3,(H,19,20). The van der Waals surface area contributed by atoms with Gasteiger partial charge in [0, 0.05) is 19.3 Å². The van der Waals surface area contributed by atoms with E-state index in [1.165, 1.54) is 12.1 Å². The lowest BCUT2D eigenvalue weighted by molar-refractivity contribution is -0.125. The van der Waals surface area contributed by atoms with E-state index in [2.05, 4.69) is 5.32 Å². The average molecular weight is 310 g/mol. The zero-order valence-electron chi connectivity index (χ0n) is 12.8. The molecule has 2 rings (SSSR count). The molecule has 122 valence electrons. The summed E-state index contributed by atoms with van der Waals surface area (Å²) in [7, 11) is 0. The second kappa shape index (κ2) is 8.10. The summed E-state index contributed by atoms with van der Waals surface area (Å²) in [4.78, 5) is 12.1. The van der Waals surface area contributed by atoms with Gasteiger partial charge in [0.15, 0.2) is 0 Å². The van der Waals surface area contributed by atoms with Crippen molar-refractivity contribution in [3.8, 4) is 5.75 Å². The fourth-order valence-electron chi connectivity index (χ4n) is 2.45. The zero-order valence-corrected chi connectivity index (χ0v) is 12.8. The number of hydrogen-bond donors (Lipinski definition) is 2. The van der Waals surface area contributed by atoms with Gasteiger partial charge in [0.2, 0.25) is 5.91 Å². The molecule has 0 saturated carbocycles. The maximum Gasteiger partial charge on any atom is 0.237 e. The zero-order chi connectivity index (χ0) is 15.9. The highest BCUT2D eigenvalue weighted by atomic mass is 19.1. The van der Waals surface area contributed by atoms with Gasteiger partial charge in [-0.25, -0.2) is 4.39 Å². The van der Waals surface area contributed by atoms with Gasteiger partial charge >= 0.3 is 0 Å². The van der Waals surface area contributed by atoms with Crippen molar-refractivity contribution in [2.75, 3.05) is 19.8 Å². The Morgan fingerprint density at radius 2 is 2.23 bits per heavy atom. The summed E-state index contributed by atoms with van der Waals surface area (Å²) >= 11 is 0. The predicted octanol–water partition coefficient (Wildman–Crippen LogP) is 1.46. The predicted molar refractivity (Wildman–Crippen MR) is 81.0 cm³/mol. The largest absolute Gasteiger partial charge is 0.491 e. The van der Waals surface area contributed by atoms with Crippen molar-refractivity contribution in [3.05, 3.63) is 30.1 Å². The van der Waals surface area contributed by atoms with Crippen molar-refractivity contribution in [2.24, 2.45) is 11.7 Å². The first-order valence-corrected chi connectivity index (χ1v) is 7.58. The number of ether oxygens (including phenoxy) is 2. The molecule has 1 saturated heterocycles. The molecule has 5 nitrogen and oxygen atoms in total. The quantitative estimate of drug-likeness (QED) is 0.834. The molecule has 1 amide bonds. The van der Waals surface area contributed by atoms with Crippen LogP contribution in [0, 0.1) is 11.7 Å². The Labute approximate surface area is 130 Å². The van der Waals surface area contributed by atoms with E-state index in [0.29, 0.717) is 19.0 Å². The molecule has 22 heavy (non-hydrogen) atoms. The molecule has 0 aromatic heterocycles. The molecule has 1 fully saturated rings. The Kier molecular flexibility index (Phi) is 6.15. The van der Waals surface area contributed by atoms with Crippen LogP contribution < -0.4 is 15.8 Å². The molecule has 2 unspecified atom stereocenters. The lowest BCUT2D eigenvalue weighted by Crippen LogP contribution is -2.50. The Balaban J connectivity index is 1.75. The molecular weight excluding hydrogens is 287 g/mol. The Morgan fingerprint density at radius 1 is 1.50 bits per heavy atom. The van der Waals surface area contributed by atoms with E-state index in [4.69, 9.17) is 15.2 Å². The van der Waals surface area contributed by atoms with Crippen LogP contribution in [-0.2, 0) is 9.53 Å². The van der Waals surface area contributed by atoms with E-state index < -0.39 is 6.04 Å². The number of nitrogens with two attached hydrogens (primary N) is 1. The highest BCUT2D eigenvalue weighted by Gasteiger charge is 2.27. The Morgan fingerprint density at radius 3 is 2.91 bits per heavy atom. The second-order valence-corrected chi connectivity index (χ2v) is 5.65. The molecule has 0 bridgehead atoms. The molecule has 0 radical (unpaired) electrons. The number of nitrogens with one attached hydrogen (secondary N) is 1. The molecule has 6 heteroatoms. The molecule has 1 heterocycles. The van der Waals surface area contributed by atoms with Gasteiger partial charge in [-0.3, -0.25) is 4.79 Å². The van der Waals surface area contributed by atoms with Crippen LogP contribution in [0.1, 0.15) is 19.8 Å². The van der Waals surface area contributed by atoms with Crippen LogP contribution in [0.5, 0.6) is 5.75 Å². The molecule has 2 atom stereocenters. The lowest BCUT2D eigenvalue weighted by Gasteiger charge is -2.27. The average Bonchev–Trinajstić information content (AvgIpc) is 2.53. The van der Waals surface area contributed by atoms with E-state index in [1.54, 1.807) is 12.1 Å². The van der Waals surface area contributed by atoms with Crippen molar-refractivity contribution in [1.29, 1.82) is 0 Å². The maximum absolute atomic E-state index is 13.0. The minimum absolute atomic E-state index is 0.157. The summed E-state index contributed by atoms with van der Waals surface area (Å²) < 4.78 is 23.8. The molecule has 3 N–H and O–H groups in total. The SMILES string of the molecule is CC(COc1cccc(F)c1)NC(=O)C(N)C1CCOCC1. The Hall–Kier alpha value is -1.66. The van der Waals surface area contributed by atoms with Gasteiger partial charge in [0.1, 0.15) is 18.2 Å². The molecule has 1 aliphatic rings. The molecular formula is C16H23FN2O3. The summed E-state index contributed by atoms with van der Waals surface area (Å²) in [5.41, 5.74) is 6.01. The maximum atomic E-state index is 13.0. The van der Waals surface area contributed by atoms with Gasteiger partial charge in [-0.1, -0.05) is 6.07 Å². The summed E-state index contributed by atoms with van der Waals surface area (Å²) in [6.07, 6.45) is 1.62. The number of benzene rings is 1. The van der Waals surface area contributed by atoms with Crippen molar-refractivity contribution in [2.45, 2.75) is 31.8 Å². The fourth-order valence-corrected chi connectivity index (χ4v) is 2.45. The van der Waals surface area contributed by atoms with Gasteiger partial charge in [-0.15, -0.1) is 0 Å². The van der Waals surface area contributed by atoms with Crippen LogP contribution >= 0.6 is 0 Å². The molecule has 1 aromatic carbocycles. The van der Waals surface area contributed by atoms with Crippen molar-refractivity contribution in [3.63, 3.8) is 0 Å². The van der Waals surface area contributed by atoms with Crippen LogP contribution in [-0.4, -0.2) is 37.8 Å². The number of amides is 1. The van der Waals surface area contributed by atoms with E-state index in [9.17, 15) is 9.18 Å². The first-order chi connectivity index (χ1) is 10.6. The number of rotatable bonds is 6. The summed E-state index contributed by atoms with van der Waals surface area (Å²) in [5, 5.41) is 2.84. The van der Waals surface area contributed by atoms with Crippen molar-refractivity contribution < 1.29 is 18.7 Å².